The second kappa shape index (κ2) is 6.23. The molecule has 1 heterocycles. The molecule has 2 N–H and O–H groups in total. The van der Waals surface area contributed by atoms with Crippen LogP contribution in [0.5, 0.6) is 0 Å². The Labute approximate surface area is 116 Å². The molecule has 0 aromatic rings. The molecule has 3 rings (SSSR count). The molecule has 2 aliphatic carbocycles. The molecule has 1 amide bonds. The molecule has 4 nitrogen and oxygen atoms in total. The van der Waals surface area contributed by atoms with Gasteiger partial charge in [-0.3, -0.25) is 9.69 Å². The van der Waals surface area contributed by atoms with E-state index < -0.39 is 0 Å². The van der Waals surface area contributed by atoms with Crippen LogP contribution in [0.2, 0.25) is 0 Å². The molecule has 3 fully saturated rings. The van der Waals surface area contributed by atoms with Crippen LogP contribution in [0, 0.1) is 17.8 Å². The van der Waals surface area contributed by atoms with Gasteiger partial charge in [0, 0.05) is 19.6 Å². The summed E-state index contributed by atoms with van der Waals surface area (Å²) in [6.45, 7) is 5.66. The topological polar surface area (TPSA) is 44.4 Å². The molecular weight excluding hydrogens is 238 g/mol. The van der Waals surface area contributed by atoms with Crippen molar-refractivity contribution in [1.82, 2.24) is 15.5 Å². The number of carbonyl (C=O) groups excluding carboxylic acids is 1. The molecule has 2 bridgehead atoms. The van der Waals surface area contributed by atoms with Gasteiger partial charge in [0.25, 0.3) is 0 Å². The molecule has 2 saturated carbocycles. The smallest absolute Gasteiger partial charge is 0.234 e. The van der Waals surface area contributed by atoms with Crippen molar-refractivity contribution < 1.29 is 4.79 Å². The molecule has 0 radical (unpaired) electrons. The summed E-state index contributed by atoms with van der Waals surface area (Å²) in [5, 5.41) is 6.55. The van der Waals surface area contributed by atoms with E-state index in [4.69, 9.17) is 0 Å². The van der Waals surface area contributed by atoms with Gasteiger partial charge in [-0.1, -0.05) is 6.42 Å². The van der Waals surface area contributed by atoms with Gasteiger partial charge in [0.1, 0.15) is 0 Å². The summed E-state index contributed by atoms with van der Waals surface area (Å²) in [5.41, 5.74) is 0. The van der Waals surface area contributed by atoms with E-state index in [0.717, 1.165) is 56.9 Å². The number of nitrogens with zero attached hydrogens (tertiary/aromatic N) is 1. The van der Waals surface area contributed by atoms with E-state index in [1.54, 1.807) is 0 Å². The Morgan fingerprint density at radius 1 is 1.21 bits per heavy atom. The van der Waals surface area contributed by atoms with E-state index in [2.05, 4.69) is 15.5 Å². The van der Waals surface area contributed by atoms with Crippen LogP contribution in [-0.2, 0) is 4.79 Å². The van der Waals surface area contributed by atoms with Crippen LogP contribution in [0.3, 0.4) is 0 Å². The van der Waals surface area contributed by atoms with Crippen molar-refractivity contribution in [1.29, 1.82) is 0 Å². The van der Waals surface area contributed by atoms with Crippen LogP contribution in [0.25, 0.3) is 0 Å². The molecule has 3 unspecified atom stereocenters. The van der Waals surface area contributed by atoms with Crippen LogP contribution in [0.15, 0.2) is 0 Å². The third-order valence-corrected chi connectivity index (χ3v) is 5.25. The summed E-state index contributed by atoms with van der Waals surface area (Å²) >= 11 is 0. The summed E-state index contributed by atoms with van der Waals surface area (Å²) in [5.74, 6) is 2.88. The second-order valence-corrected chi connectivity index (χ2v) is 6.62. The predicted octanol–water partition coefficient (Wildman–Crippen LogP) is 0.834. The first-order valence-electron chi connectivity index (χ1n) is 8.01. The lowest BCUT2D eigenvalue weighted by Crippen LogP contribution is -2.41. The van der Waals surface area contributed by atoms with Crippen molar-refractivity contribution in [3.05, 3.63) is 0 Å². The highest BCUT2D eigenvalue weighted by molar-refractivity contribution is 5.78. The largest absolute Gasteiger partial charge is 0.355 e. The molecule has 1 aliphatic heterocycles. The molecule has 3 aliphatic rings. The van der Waals surface area contributed by atoms with E-state index in [9.17, 15) is 4.79 Å². The maximum Gasteiger partial charge on any atom is 0.234 e. The number of carbonyl (C=O) groups is 1. The van der Waals surface area contributed by atoms with Crippen LogP contribution >= 0.6 is 0 Å². The Morgan fingerprint density at radius 2 is 2.16 bits per heavy atom. The third-order valence-electron chi connectivity index (χ3n) is 5.25. The van der Waals surface area contributed by atoms with Gasteiger partial charge in [0.15, 0.2) is 0 Å². The maximum atomic E-state index is 12.0. The number of amides is 1. The molecule has 0 aromatic heterocycles. The third kappa shape index (κ3) is 3.48. The number of rotatable bonds is 4. The molecule has 1 saturated heterocycles. The minimum atomic E-state index is 0.227. The van der Waals surface area contributed by atoms with Gasteiger partial charge >= 0.3 is 0 Å². The zero-order chi connectivity index (χ0) is 13.1. The van der Waals surface area contributed by atoms with Crippen molar-refractivity contribution >= 4 is 5.91 Å². The van der Waals surface area contributed by atoms with Crippen molar-refractivity contribution in [2.45, 2.75) is 32.1 Å². The highest BCUT2D eigenvalue weighted by Gasteiger charge is 2.39. The average Bonchev–Trinajstić information content (AvgIpc) is 2.94. The Bertz CT molecular complexity index is 313. The van der Waals surface area contributed by atoms with Crippen molar-refractivity contribution in [3.8, 4) is 0 Å². The first-order valence-corrected chi connectivity index (χ1v) is 8.01. The lowest BCUT2D eigenvalue weighted by molar-refractivity contribution is -0.122. The van der Waals surface area contributed by atoms with Crippen LogP contribution in [0.1, 0.15) is 32.1 Å². The zero-order valence-corrected chi connectivity index (χ0v) is 11.9. The number of hydrogen-bond acceptors (Lipinski definition) is 3. The average molecular weight is 265 g/mol. The Balaban J connectivity index is 1.36. The van der Waals surface area contributed by atoms with Gasteiger partial charge < -0.3 is 10.6 Å². The van der Waals surface area contributed by atoms with Gasteiger partial charge in [-0.25, -0.2) is 0 Å². The van der Waals surface area contributed by atoms with Gasteiger partial charge in [0.05, 0.1) is 6.54 Å². The summed E-state index contributed by atoms with van der Waals surface area (Å²) in [6.07, 6.45) is 6.79. The van der Waals surface area contributed by atoms with Gasteiger partial charge in [-0.15, -0.1) is 0 Å². The van der Waals surface area contributed by atoms with Gasteiger partial charge in [-0.2, -0.15) is 0 Å². The van der Waals surface area contributed by atoms with E-state index in [1.807, 2.05) is 0 Å². The van der Waals surface area contributed by atoms with Crippen molar-refractivity contribution in [3.63, 3.8) is 0 Å². The first-order chi connectivity index (χ1) is 9.31. The van der Waals surface area contributed by atoms with E-state index in [0.29, 0.717) is 6.54 Å². The van der Waals surface area contributed by atoms with Gasteiger partial charge in [0.2, 0.25) is 5.91 Å². The van der Waals surface area contributed by atoms with Crippen molar-refractivity contribution in [2.75, 3.05) is 39.3 Å². The summed E-state index contributed by atoms with van der Waals surface area (Å²) in [4.78, 5) is 14.3. The monoisotopic (exact) mass is 265 g/mol. The zero-order valence-electron chi connectivity index (χ0n) is 11.9. The first kappa shape index (κ1) is 13.4. The normalized spacial score (nSPS) is 35.3. The molecule has 108 valence electrons. The highest BCUT2D eigenvalue weighted by Crippen LogP contribution is 2.47. The second-order valence-electron chi connectivity index (χ2n) is 6.62. The Hall–Kier alpha value is -0.610. The Kier molecular flexibility index (Phi) is 4.38. The van der Waals surface area contributed by atoms with Crippen LogP contribution in [-0.4, -0.2) is 50.1 Å². The fourth-order valence-electron chi connectivity index (χ4n) is 4.19. The Morgan fingerprint density at radius 3 is 2.95 bits per heavy atom. The lowest BCUT2D eigenvalue weighted by Gasteiger charge is -2.23. The van der Waals surface area contributed by atoms with Crippen LogP contribution < -0.4 is 10.6 Å². The van der Waals surface area contributed by atoms with Crippen molar-refractivity contribution in [2.24, 2.45) is 17.8 Å². The summed E-state index contributed by atoms with van der Waals surface area (Å²) in [6, 6.07) is 0. The maximum absolute atomic E-state index is 12.0. The molecule has 4 heteroatoms. The quantitative estimate of drug-likeness (QED) is 0.791. The molecule has 0 spiro atoms. The fourth-order valence-corrected chi connectivity index (χ4v) is 4.19. The summed E-state index contributed by atoms with van der Waals surface area (Å²) < 4.78 is 0. The molecular formula is C15H27N3O. The van der Waals surface area contributed by atoms with Gasteiger partial charge in [-0.05, 0) is 56.5 Å². The standard InChI is InChI=1S/C15H27N3O/c19-15(11-18-6-1-4-16-5-7-18)17-10-14-9-12-2-3-13(14)8-12/h12-14,16H,1-11H2,(H,17,19). The van der Waals surface area contributed by atoms with E-state index >= 15 is 0 Å². The van der Waals surface area contributed by atoms with E-state index in [1.165, 1.54) is 25.7 Å². The number of hydrogen-bond donors (Lipinski definition) is 2. The fraction of sp³-hybridized carbons (Fsp3) is 0.933. The molecule has 19 heavy (non-hydrogen) atoms. The molecule has 3 atom stereocenters. The predicted molar refractivity (Wildman–Crippen MR) is 75.9 cm³/mol. The number of fused-ring (bicyclic) bond motifs is 2. The summed E-state index contributed by atoms with van der Waals surface area (Å²) in [7, 11) is 0. The molecule has 0 aromatic carbocycles. The van der Waals surface area contributed by atoms with Crippen LogP contribution in [0.4, 0.5) is 0 Å². The minimum Gasteiger partial charge on any atom is -0.355 e. The highest BCUT2D eigenvalue weighted by atomic mass is 16.2. The van der Waals surface area contributed by atoms with E-state index in [-0.39, 0.29) is 5.91 Å². The SMILES string of the molecule is O=C(CN1CCCNCC1)NCC1CC2CCC1C2. The minimum absolute atomic E-state index is 0.227. The lowest BCUT2D eigenvalue weighted by atomic mass is 9.89. The number of nitrogens with one attached hydrogen (secondary N) is 2.